The van der Waals surface area contributed by atoms with Gasteiger partial charge >= 0.3 is 5.97 Å². The topological polar surface area (TPSA) is 55.1 Å². The second kappa shape index (κ2) is 2.08. The summed E-state index contributed by atoms with van der Waals surface area (Å²) < 4.78 is 1.77. The molecule has 1 aromatic heterocycles. The van der Waals surface area contributed by atoms with Crippen LogP contribution in [0.4, 0.5) is 0 Å². The molecule has 4 heteroatoms. The lowest BCUT2D eigenvalue weighted by molar-refractivity contribution is 0.0685. The van der Waals surface area contributed by atoms with E-state index in [-0.39, 0.29) is 0 Å². The van der Waals surface area contributed by atoms with Gasteiger partial charge in [0.2, 0.25) is 0 Å². The van der Waals surface area contributed by atoms with Crippen LogP contribution < -0.4 is 0 Å². The van der Waals surface area contributed by atoms with Gasteiger partial charge in [-0.05, 0) is 6.42 Å². The molecule has 4 nitrogen and oxygen atoms in total. The van der Waals surface area contributed by atoms with E-state index < -0.39 is 5.97 Å². The number of hydrogen-bond donors (Lipinski definition) is 1. The van der Waals surface area contributed by atoms with Crippen molar-refractivity contribution in [2.45, 2.75) is 19.4 Å². The summed E-state index contributed by atoms with van der Waals surface area (Å²) in [7, 11) is 0. The van der Waals surface area contributed by atoms with Crippen molar-refractivity contribution >= 4 is 5.97 Å². The fraction of sp³-hybridized carbons (Fsp3) is 0.429. The van der Waals surface area contributed by atoms with Crippen molar-refractivity contribution in [3.8, 4) is 0 Å². The van der Waals surface area contributed by atoms with Gasteiger partial charge in [0, 0.05) is 13.0 Å². The summed E-state index contributed by atoms with van der Waals surface area (Å²) in [5.74, 6) is 0.0213. The zero-order valence-electron chi connectivity index (χ0n) is 5.95. The van der Waals surface area contributed by atoms with Gasteiger partial charge < -0.3 is 9.67 Å². The van der Waals surface area contributed by atoms with Crippen LogP contribution >= 0.6 is 0 Å². The molecule has 1 aliphatic rings. The highest BCUT2D eigenvalue weighted by Gasteiger charge is 2.18. The van der Waals surface area contributed by atoms with Crippen LogP contribution in [0.15, 0.2) is 6.20 Å². The van der Waals surface area contributed by atoms with Crippen LogP contribution in [0.2, 0.25) is 0 Å². The third-order valence-corrected chi connectivity index (χ3v) is 1.94. The zero-order valence-corrected chi connectivity index (χ0v) is 5.95. The average molecular weight is 152 g/mol. The second-order valence-electron chi connectivity index (χ2n) is 2.62. The minimum Gasteiger partial charge on any atom is -0.477 e. The van der Waals surface area contributed by atoms with Crippen LogP contribution in [-0.4, -0.2) is 20.6 Å². The van der Waals surface area contributed by atoms with Crippen LogP contribution in [0, 0.1) is 0 Å². The fourth-order valence-electron chi connectivity index (χ4n) is 1.43. The summed E-state index contributed by atoms with van der Waals surface area (Å²) in [6, 6.07) is 0. The first-order valence-electron chi connectivity index (χ1n) is 3.57. The van der Waals surface area contributed by atoms with Crippen LogP contribution in [0.5, 0.6) is 0 Å². The van der Waals surface area contributed by atoms with E-state index in [1.54, 1.807) is 4.57 Å². The van der Waals surface area contributed by atoms with Gasteiger partial charge in [-0.2, -0.15) is 0 Å². The van der Waals surface area contributed by atoms with Crippen LogP contribution in [-0.2, 0) is 13.0 Å². The molecular formula is C7H8N2O2. The first kappa shape index (κ1) is 6.39. The predicted octanol–water partition coefficient (Wildman–Crippen LogP) is 0.527. The number of carboxylic acid groups (broad SMARTS) is 1. The summed E-state index contributed by atoms with van der Waals surface area (Å²) >= 11 is 0. The lowest BCUT2D eigenvalue weighted by Gasteiger charge is -1.97. The Labute approximate surface area is 63.5 Å². The zero-order chi connectivity index (χ0) is 7.84. The molecule has 0 unspecified atom stereocenters. The fourth-order valence-corrected chi connectivity index (χ4v) is 1.43. The van der Waals surface area contributed by atoms with Crippen LogP contribution in [0.3, 0.4) is 0 Å². The van der Waals surface area contributed by atoms with Crippen molar-refractivity contribution in [3.05, 3.63) is 17.7 Å². The third-order valence-electron chi connectivity index (χ3n) is 1.94. The Morgan fingerprint density at radius 2 is 2.55 bits per heavy atom. The Morgan fingerprint density at radius 3 is 3.27 bits per heavy atom. The predicted molar refractivity (Wildman–Crippen MR) is 37.5 cm³/mol. The van der Waals surface area contributed by atoms with Gasteiger partial charge in [0.05, 0.1) is 6.20 Å². The lowest BCUT2D eigenvalue weighted by Crippen LogP contribution is -2.05. The second-order valence-corrected chi connectivity index (χ2v) is 2.62. The maximum atomic E-state index is 10.6. The molecule has 58 valence electrons. The average Bonchev–Trinajstić information content (AvgIpc) is 2.41. The van der Waals surface area contributed by atoms with Crippen molar-refractivity contribution in [1.29, 1.82) is 0 Å². The van der Waals surface area contributed by atoms with E-state index in [2.05, 4.69) is 4.98 Å². The molecule has 0 aromatic carbocycles. The molecule has 2 rings (SSSR count). The quantitative estimate of drug-likeness (QED) is 0.638. The highest BCUT2D eigenvalue weighted by atomic mass is 16.4. The minimum atomic E-state index is -0.884. The number of rotatable bonds is 1. The highest BCUT2D eigenvalue weighted by Crippen LogP contribution is 2.15. The van der Waals surface area contributed by atoms with Crippen molar-refractivity contribution in [2.75, 3.05) is 0 Å². The molecule has 2 heterocycles. The largest absolute Gasteiger partial charge is 0.477 e. The molecule has 0 saturated carbocycles. The SMILES string of the molecule is O=C(O)c1cnc2n1CCC2. The summed E-state index contributed by atoms with van der Waals surface area (Å²) in [6.07, 6.45) is 3.35. The number of imidazole rings is 1. The molecule has 0 spiro atoms. The van der Waals surface area contributed by atoms with Gasteiger partial charge in [-0.1, -0.05) is 0 Å². The monoisotopic (exact) mass is 152 g/mol. The van der Waals surface area contributed by atoms with E-state index in [9.17, 15) is 4.79 Å². The Hall–Kier alpha value is -1.32. The first-order chi connectivity index (χ1) is 5.29. The third kappa shape index (κ3) is 0.824. The standard InChI is InChI=1S/C7H8N2O2/c10-7(11)5-4-8-6-2-1-3-9(5)6/h4H,1-3H2,(H,10,11). The van der Waals surface area contributed by atoms with E-state index in [0.29, 0.717) is 5.69 Å². The van der Waals surface area contributed by atoms with Crippen molar-refractivity contribution in [1.82, 2.24) is 9.55 Å². The molecule has 11 heavy (non-hydrogen) atoms. The van der Waals surface area contributed by atoms with Crippen molar-refractivity contribution in [2.24, 2.45) is 0 Å². The lowest BCUT2D eigenvalue weighted by atomic mass is 10.4. The van der Waals surface area contributed by atoms with Crippen molar-refractivity contribution < 1.29 is 9.90 Å². The number of fused-ring (bicyclic) bond motifs is 1. The Bertz CT molecular complexity index is 303. The summed E-state index contributed by atoms with van der Waals surface area (Å²) in [5.41, 5.74) is 0.317. The van der Waals surface area contributed by atoms with Gasteiger partial charge in [0.25, 0.3) is 0 Å². The van der Waals surface area contributed by atoms with Gasteiger partial charge in [0.15, 0.2) is 0 Å². The van der Waals surface area contributed by atoms with E-state index in [1.165, 1.54) is 6.20 Å². The summed E-state index contributed by atoms with van der Waals surface area (Å²) in [6.45, 7) is 0.803. The maximum absolute atomic E-state index is 10.6. The Kier molecular flexibility index (Phi) is 1.21. The number of nitrogens with zero attached hydrogens (tertiary/aromatic N) is 2. The van der Waals surface area contributed by atoms with Gasteiger partial charge in [-0.3, -0.25) is 0 Å². The number of carbonyl (C=O) groups is 1. The highest BCUT2D eigenvalue weighted by molar-refractivity contribution is 5.85. The Balaban J connectivity index is 2.50. The van der Waals surface area contributed by atoms with E-state index in [1.807, 2.05) is 0 Å². The molecule has 0 saturated heterocycles. The molecule has 0 fully saturated rings. The molecule has 0 amide bonds. The normalized spacial score (nSPS) is 14.9. The van der Waals surface area contributed by atoms with E-state index in [0.717, 1.165) is 25.2 Å². The molecule has 0 radical (unpaired) electrons. The number of aryl methyl sites for hydroxylation is 1. The van der Waals surface area contributed by atoms with Crippen molar-refractivity contribution in [3.63, 3.8) is 0 Å². The first-order valence-corrected chi connectivity index (χ1v) is 3.57. The van der Waals surface area contributed by atoms with E-state index in [4.69, 9.17) is 5.11 Å². The molecule has 1 N–H and O–H groups in total. The molecule has 0 atom stereocenters. The number of aromatic nitrogens is 2. The van der Waals surface area contributed by atoms with Gasteiger partial charge in [-0.25, -0.2) is 9.78 Å². The molecule has 1 aromatic rings. The minimum absolute atomic E-state index is 0.317. The molecule has 0 aliphatic carbocycles. The van der Waals surface area contributed by atoms with Gasteiger partial charge in [0.1, 0.15) is 11.5 Å². The number of carboxylic acids is 1. The maximum Gasteiger partial charge on any atom is 0.354 e. The molecule has 1 aliphatic heterocycles. The van der Waals surface area contributed by atoms with Crippen LogP contribution in [0.1, 0.15) is 22.7 Å². The van der Waals surface area contributed by atoms with Crippen LogP contribution in [0.25, 0.3) is 0 Å². The van der Waals surface area contributed by atoms with E-state index >= 15 is 0 Å². The summed E-state index contributed by atoms with van der Waals surface area (Å²) in [4.78, 5) is 14.6. The summed E-state index contributed by atoms with van der Waals surface area (Å²) in [5, 5.41) is 8.68. The number of aromatic carboxylic acids is 1. The molecular weight excluding hydrogens is 144 g/mol. The van der Waals surface area contributed by atoms with Gasteiger partial charge in [-0.15, -0.1) is 0 Å². The smallest absolute Gasteiger partial charge is 0.354 e. The molecule has 0 bridgehead atoms. The Morgan fingerprint density at radius 1 is 1.73 bits per heavy atom. The number of hydrogen-bond acceptors (Lipinski definition) is 2.